The zero-order valence-corrected chi connectivity index (χ0v) is 7.57. The number of aliphatic hydroxyl groups is 1. The van der Waals surface area contributed by atoms with E-state index in [4.69, 9.17) is 4.42 Å². The normalized spacial score (nSPS) is 42.8. The average molecular weight is 178 g/mol. The number of rotatable bonds is 1. The third kappa shape index (κ3) is 0.869. The van der Waals surface area contributed by atoms with Gasteiger partial charge in [0.05, 0.1) is 6.26 Å². The van der Waals surface area contributed by atoms with Crippen LogP contribution in [0.25, 0.3) is 0 Å². The van der Waals surface area contributed by atoms with Gasteiger partial charge < -0.3 is 9.52 Å². The van der Waals surface area contributed by atoms with Gasteiger partial charge in [-0.3, -0.25) is 0 Å². The highest BCUT2D eigenvalue weighted by Gasteiger charge is 2.66. The molecule has 2 heteroatoms. The lowest BCUT2D eigenvalue weighted by molar-refractivity contribution is 0.0919. The van der Waals surface area contributed by atoms with E-state index in [1.165, 1.54) is 25.7 Å². The van der Waals surface area contributed by atoms with E-state index in [0.29, 0.717) is 11.8 Å². The maximum atomic E-state index is 10.4. The van der Waals surface area contributed by atoms with Gasteiger partial charge in [0.1, 0.15) is 11.4 Å². The van der Waals surface area contributed by atoms with E-state index in [0.717, 1.165) is 5.76 Å². The Balaban J connectivity index is 1.92. The summed E-state index contributed by atoms with van der Waals surface area (Å²) in [5, 5.41) is 10.4. The van der Waals surface area contributed by atoms with Crippen molar-refractivity contribution in [1.82, 2.24) is 0 Å². The van der Waals surface area contributed by atoms with Gasteiger partial charge in [-0.2, -0.15) is 0 Å². The van der Waals surface area contributed by atoms with Crippen LogP contribution in [-0.2, 0) is 5.60 Å². The van der Waals surface area contributed by atoms with Crippen LogP contribution in [0.5, 0.6) is 0 Å². The van der Waals surface area contributed by atoms with Gasteiger partial charge in [0.25, 0.3) is 0 Å². The van der Waals surface area contributed by atoms with E-state index in [1.807, 2.05) is 12.1 Å². The Morgan fingerprint density at radius 3 is 2.54 bits per heavy atom. The largest absolute Gasteiger partial charge is 0.466 e. The van der Waals surface area contributed by atoms with Crippen molar-refractivity contribution < 1.29 is 9.52 Å². The van der Waals surface area contributed by atoms with Gasteiger partial charge in [-0.05, 0) is 25.0 Å². The molecule has 0 bridgehead atoms. The third-order valence-corrected chi connectivity index (χ3v) is 3.70. The summed E-state index contributed by atoms with van der Waals surface area (Å²) in [7, 11) is 0. The SMILES string of the molecule is OC1(c2ccco2)C2CCCCC21. The first-order valence-electron chi connectivity index (χ1n) is 5.10. The third-order valence-electron chi connectivity index (χ3n) is 3.70. The number of furan rings is 1. The molecule has 1 heterocycles. The molecule has 2 nitrogen and oxygen atoms in total. The van der Waals surface area contributed by atoms with Crippen molar-refractivity contribution in [3.63, 3.8) is 0 Å². The minimum Gasteiger partial charge on any atom is -0.466 e. The van der Waals surface area contributed by atoms with E-state index >= 15 is 0 Å². The molecular formula is C11H14O2. The van der Waals surface area contributed by atoms with Crippen LogP contribution in [0.15, 0.2) is 22.8 Å². The van der Waals surface area contributed by atoms with Crippen LogP contribution in [0, 0.1) is 11.8 Å². The Labute approximate surface area is 77.6 Å². The standard InChI is InChI=1S/C11H14O2/c12-11(10-6-3-7-13-10)8-4-1-2-5-9(8)11/h3,6-9,12H,1-2,4-5H2. The molecule has 13 heavy (non-hydrogen) atoms. The van der Waals surface area contributed by atoms with Crippen molar-refractivity contribution in [1.29, 1.82) is 0 Å². The van der Waals surface area contributed by atoms with E-state index in [2.05, 4.69) is 0 Å². The monoisotopic (exact) mass is 178 g/mol. The van der Waals surface area contributed by atoms with Crippen LogP contribution in [-0.4, -0.2) is 5.11 Å². The fourth-order valence-electron chi connectivity index (χ4n) is 2.96. The second-order valence-electron chi connectivity index (χ2n) is 4.30. The van der Waals surface area contributed by atoms with Crippen molar-refractivity contribution >= 4 is 0 Å². The highest BCUT2D eigenvalue weighted by molar-refractivity contribution is 5.25. The fraction of sp³-hybridized carbons (Fsp3) is 0.636. The summed E-state index contributed by atoms with van der Waals surface area (Å²) in [6.45, 7) is 0. The summed E-state index contributed by atoms with van der Waals surface area (Å²) in [4.78, 5) is 0. The van der Waals surface area contributed by atoms with Gasteiger partial charge in [-0.1, -0.05) is 12.8 Å². The lowest BCUT2D eigenvalue weighted by Crippen LogP contribution is -2.08. The van der Waals surface area contributed by atoms with E-state index in [9.17, 15) is 5.11 Å². The van der Waals surface area contributed by atoms with Gasteiger partial charge in [0, 0.05) is 11.8 Å². The molecule has 0 saturated heterocycles. The smallest absolute Gasteiger partial charge is 0.135 e. The van der Waals surface area contributed by atoms with Crippen LogP contribution < -0.4 is 0 Å². The fourth-order valence-corrected chi connectivity index (χ4v) is 2.96. The quantitative estimate of drug-likeness (QED) is 0.715. The first-order valence-corrected chi connectivity index (χ1v) is 5.10. The van der Waals surface area contributed by atoms with Crippen molar-refractivity contribution in [3.05, 3.63) is 24.2 Å². The Kier molecular flexibility index (Phi) is 1.40. The summed E-state index contributed by atoms with van der Waals surface area (Å²) in [6.07, 6.45) is 6.52. The minimum atomic E-state index is -0.597. The van der Waals surface area contributed by atoms with Crippen LogP contribution >= 0.6 is 0 Å². The van der Waals surface area contributed by atoms with Crippen molar-refractivity contribution in [2.24, 2.45) is 11.8 Å². The molecule has 1 N–H and O–H groups in total. The molecule has 70 valence electrons. The molecule has 2 atom stereocenters. The first-order chi connectivity index (χ1) is 6.33. The summed E-state index contributed by atoms with van der Waals surface area (Å²) >= 11 is 0. The highest BCUT2D eigenvalue weighted by atomic mass is 16.4. The van der Waals surface area contributed by atoms with Gasteiger partial charge in [-0.25, -0.2) is 0 Å². The maximum Gasteiger partial charge on any atom is 0.135 e. The molecule has 3 rings (SSSR count). The van der Waals surface area contributed by atoms with Crippen molar-refractivity contribution in [2.45, 2.75) is 31.3 Å². The second kappa shape index (κ2) is 2.38. The van der Waals surface area contributed by atoms with E-state index < -0.39 is 5.60 Å². The molecule has 0 spiro atoms. The van der Waals surface area contributed by atoms with Crippen LogP contribution in [0.3, 0.4) is 0 Å². The summed E-state index contributed by atoms with van der Waals surface area (Å²) in [5.74, 6) is 1.74. The van der Waals surface area contributed by atoms with Gasteiger partial charge in [0.2, 0.25) is 0 Å². The van der Waals surface area contributed by atoms with Gasteiger partial charge in [0.15, 0.2) is 0 Å². The summed E-state index contributed by atoms with van der Waals surface area (Å²) < 4.78 is 5.30. The van der Waals surface area contributed by atoms with Crippen LogP contribution in [0.4, 0.5) is 0 Å². The van der Waals surface area contributed by atoms with E-state index in [-0.39, 0.29) is 0 Å². The van der Waals surface area contributed by atoms with Gasteiger partial charge in [-0.15, -0.1) is 0 Å². The molecule has 1 aromatic rings. The van der Waals surface area contributed by atoms with Crippen LogP contribution in [0.1, 0.15) is 31.4 Å². The number of hydrogen-bond acceptors (Lipinski definition) is 2. The molecule has 2 aliphatic carbocycles. The summed E-state index contributed by atoms with van der Waals surface area (Å²) in [5.41, 5.74) is -0.597. The Morgan fingerprint density at radius 2 is 2.00 bits per heavy atom. The Hall–Kier alpha value is -0.760. The molecule has 0 aliphatic heterocycles. The average Bonchev–Trinajstić information content (AvgIpc) is 2.62. The Bertz CT molecular complexity index is 290. The minimum absolute atomic E-state index is 0.479. The molecule has 0 amide bonds. The molecule has 2 saturated carbocycles. The zero-order chi connectivity index (χ0) is 8.89. The Morgan fingerprint density at radius 1 is 1.31 bits per heavy atom. The molecule has 0 radical (unpaired) electrons. The second-order valence-corrected chi connectivity index (χ2v) is 4.30. The molecule has 2 unspecified atom stereocenters. The number of hydrogen-bond donors (Lipinski definition) is 1. The lowest BCUT2D eigenvalue weighted by Gasteiger charge is -2.05. The van der Waals surface area contributed by atoms with Crippen molar-refractivity contribution in [3.8, 4) is 0 Å². The van der Waals surface area contributed by atoms with Crippen LogP contribution in [0.2, 0.25) is 0 Å². The molecular weight excluding hydrogens is 164 g/mol. The first kappa shape index (κ1) is 7.63. The summed E-state index contributed by atoms with van der Waals surface area (Å²) in [6, 6.07) is 3.76. The molecule has 1 aromatic heterocycles. The topological polar surface area (TPSA) is 33.4 Å². The van der Waals surface area contributed by atoms with E-state index in [1.54, 1.807) is 6.26 Å². The molecule has 2 aliphatic rings. The van der Waals surface area contributed by atoms with Crippen molar-refractivity contribution in [2.75, 3.05) is 0 Å². The predicted molar refractivity (Wildman–Crippen MR) is 48.1 cm³/mol. The molecule has 2 fully saturated rings. The molecule has 0 aromatic carbocycles. The van der Waals surface area contributed by atoms with Gasteiger partial charge >= 0.3 is 0 Å². The number of fused-ring (bicyclic) bond motifs is 1. The zero-order valence-electron chi connectivity index (χ0n) is 7.57. The lowest BCUT2D eigenvalue weighted by atomic mass is 10.0. The maximum absolute atomic E-state index is 10.4. The predicted octanol–water partition coefficient (Wildman–Crippen LogP) is 2.29. The highest BCUT2D eigenvalue weighted by Crippen LogP contribution is 2.64.